The summed E-state index contributed by atoms with van der Waals surface area (Å²) < 4.78 is 2.02. The molecule has 0 radical (unpaired) electrons. The number of hydrogen-bond acceptors (Lipinski definition) is 3. The Labute approximate surface area is 162 Å². The minimum absolute atomic E-state index is 0.570. The van der Waals surface area contributed by atoms with Crippen molar-refractivity contribution in [3.05, 3.63) is 96.6 Å². The number of fused-ring (bicyclic) bond motifs is 3. The Balaban J connectivity index is 1.87. The Morgan fingerprint density at radius 3 is 2.25 bits per heavy atom. The van der Waals surface area contributed by atoms with Gasteiger partial charge in [-0.1, -0.05) is 60.7 Å². The van der Waals surface area contributed by atoms with Crippen LogP contribution in [0.15, 0.2) is 91.0 Å². The summed E-state index contributed by atoms with van der Waals surface area (Å²) in [6, 6.07) is 32.3. The smallest absolute Gasteiger partial charge is 0.158 e. The largest absolute Gasteiger partial charge is 0.341 e. The minimum atomic E-state index is 0.570. The van der Waals surface area contributed by atoms with Gasteiger partial charge in [0.1, 0.15) is 17.5 Å². The van der Waals surface area contributed by atoms with Gasteiger partial charge in [0.2, 0.25) is 0 Å². The van der Waals surface area contributed by atoms with Crippen molar-refractivity contribution in [3.8, 4) is 17.2 Å². The van der Waals surface area contributed by atoms with Crippen molar-refractivity contribution in [2.75, 3.05) is 5.32 Å². The molecule has 0 aliphatic carbocycles. The van der Waals surface area contributed by atoms with E-state index in [9.17, 15) is 5.26 Å². The van der Waals surface area contributed by atoms with Gasteiger partial charge in [0, 0.05) is 11.3 Å². The first-order chi connectivity index (χ1) is 13.8. The quantitative estimate of drug-likeness (QED) is 0.444. The molecule has 4 nitrogen and oxygen atoms in total. The first-order valence-electron chi connectivity index (χ1n) is 9.07. The molecule has 0 saturated carbocycles. The number of aromatic nitrogens is 2. The third-order valence-corrected chi connectivity index (χ3v) is 4.82. The molecule has 0 spiro atoms. The van der Waals surface area contributed by atoms with Crippen molar-refractivity contribution in [1.29, 1.82) is 5.26 Å². The van der Waals surface area contributed by atoms with Crippen LogP contribution in [0.3, 0.4) is 0 Å². The molecular weight excluding hydrogens is 344 g/mol. The number of para-hydroxylation sites is 3. The van der Waals surface area contributed by atoms with Crippen LogP contribution in [0.2, 0.25) is 0 Å². The van der Waals surface area contributed by atoms with E-state index in [1.807, 2.05) is 95.4 Å². The molecule has 0 atom stereocenters. The van der Waals surface area contributed by atoms with E-state index in [-0.39, 0.29) is 0 Å². The number of anilines is 2. The summed E-state index contributed by atoms with van der Waals surface area (Å²) in [5, 5.41) is 13.5. The average Bonchev–Trinajstić information content (AvgIpc) is 3.15. The highest BCUT2D eigenvalue weighted by Gasteiger charge is 2.18. The van der Waals surface area contributed by atoms with Gasteiger partial charge in [-0.2, -0.15) is 5.26 Å². The van der Waals surface area contributed by atoms with Crippen LogP contribution in [-0.2, 0) is 0 Å². The van der Waals surface area contributed by atoms with E-state index in [0.717, 1.165) is 33.7 Å². The van der Waals surface area contributed by atoms with Gasteiger partial charge in [-0.15, -0.1) is 0 Å². The molecule has 0 aliphatic heterocycles. The molecule has 0 bridgehead atoms. The maximum absolute atomic E-state index is 9.96. The molecule has 0 amide bonds. The Morgan fingerprint density at radius 1 is 0.821 bits per heavy atom. The van der Waals surface area contributed by atoms with Crippen LogP contribution in [0.25, 0.3) is 27.8 Å². The van der Waals surface area contributed by atoms with Gasteiger partial charge in [0.05, 0.1) is 11.0 Å². The summed E-state index contributed by atoms with van der Waals surface area (Å²) >= 11 is 0. The number of rotatable bonds is 3. The van der Waals surface area contributed by atoms with Crippen LogP contribution in [-0.4, -0.2) is 9.38 Å². The molecule has 3 aromatic carbocycles. The molecule has 4 heteroatoms. The summed E-state index contributed by atoms with van der Waals surface area (Å²) in [5.74, 6) is 0.868. The fourth-order valence-corrected chi connectivity index (χ4v) is 3.55. The van der Waals surface area contributed by atoms with Crippen LogP contribution >= 0.6 is 0 Å². The standard InChI is InChI=1S/C24H16N4/c25-16-20-19(17-9-3-1-4-10-17)15-23(26-18-11-5-2-6-12-18)28-22-14-8-7-13-21(22)27-24(20)28/h1-15,26H. The van der Waals surface area contributed by atoms with Gasteiger partial charge in [0.25, 0.3) is 0 Å². The number of hydrogen-bond donors (Lipinski definition) is 1. The summed E-state index contributed by atoms with van der Waals surface area (Å²) in [4.78, 5) is 4.77. The Kier molecular flexibility index (Phi) is 3.78. The van der Waals surface area contributed by atoms with E-state index in [2.05, 4.69) is 11.4 Å². The van der Waals surface area contributed by atoms with Crippen molar-refractivity contribution >= 4 is 28.2 Å². The van der Waals surface area contributed by atoms with Gasteiger partial charge in [-0.3, -0.25) is 4.40 Å². The molecule has 0 unspecified atom stereocenters. The summed E-state index contributed by atoms with van der Waals surface area (Å²) in [5.41, 5.74) is 5.89. The predicted molar refractivity (Wildman–Crippen MR) is 113 cm³/mol. The fraction of sp³-hybridized carbons (Fsp3) is 0. The Hall–Kier alpha value is -4.10. The van der Waals surface area contributed by atoms with E-state index in [4.69, 9.17) is 4.98 Å². The molecule has 0 fully saturated rings. The molecule has 1 N–H and O–H groups in total. The maximum Gasteiger partial charge on any atom is 0.158 e. The Bertz CT molecular complexity index is 1330. The number of nitriles is 1. The topological polar surface area (TPSA) is 53.1 Å². The average molecular weight is 360 g/mol. The molecule has 2 aromatic heterocycles. The van der Waals surface area contributed by atoms with Crippen molar-refractivity contribution in [2.45, 2.75) is 0 Å². The zero-order valence-electron chi connectivity index (χ0n) is 15.0. The fourth-order valence-electron chi connectivity index (χ4n) is 3.55. The van der Waals surface area contributed by atoms with Crippen molar-refractivity contribution < 1.29 is 0 Å². The second-order valence-corrected chi connectivity index (χ2v) is 6.55. The summed E-state index contributed by atoms with van der Waals surface area (Å²) in [7, 11) is 0. The monoisotopic (exact) mass is 360 g/mol. The van der Waals surface area contributed by atoms with E-state index < -0.39 is 0 Å². The lowest BCUT2D eigenvalue weighted by Crippen LogP contribution is -2.02. The van der Waals surface area contributed by atoms with Gasteiger partial charge < -0.3 is 5.32 Å². The number of pyridine rings is 1. The van der Waals surface area contributed by atoms with E-state index in [0.29, 0.717) is 11.2 Å². The van der Waals surface area contributed by atoms with Gasteiger partial charge >= 0.3 is 0 Å². The molecule has 2 heterocycles. The van der Waals surface area contributed by atoms with E-state index in [1.165, 1.54) is 0 Å². The Morgan fingerprint density at radius 2 is 1.50 bits per heavy atom. The van der Waals surface area contributed by atoms with Crippen LogP contribution in [0.1, 0.15) is 5.56 Å². The first kappa shape index (κ1) is 16.1. The molecule has 0 aliphatic rings. The summed E-state index contributed by atoms with van der Waals surface area (Å²) in [6.07, 6.45) is 0. The lowest BCUT2D eigenvalue weighted by Gasteiger charge is -2.14. The normalized spacial score (nSPS) is 10.8. The van der Waals surface area contributed by atoms with Crippen LogP contribution < -0.4 is 5.32 Å². The highest BCUT2D eigenvalue weighted by atomic mass is 15.1. The lowest BCUT2D eigenvalue weighted by atomic mass is 10.0. The van der Waals surface area contributed by atoms with Gasteiger partial charge in [-0.25, -0.2) is 4.98 Å². The molecule has 5 rings (SSSR count). The van der Waals surface area contributed by atoms with Crippen LogP contribution in [0, 0.1) is 11.3 Å². The second kappa shape index (κ2) is 6.57. The molecule has 28 heavy (non-hydrogen) atoms. The zero-order chi connectivity index (χ0) is 18.9. The first-order valence-corrected chi connectivity index (χ1v) is 9.07. The highest BCUT2D eigenvalue weighted by molar-refractivity contribution is 5.90. The number of nitrogens with zero attached hydrogens (tertiary/aromatic N) is 3. The summed E-state index contributed by atoms with van der Waals surface area (Å²) in [6.45, 7) is 0. The predicted octanol–water partition coefficient (Wildman–Crippen LogP) is 5.77. The number of imidazole rings is 1. The zero-order valence-corrected chi connectivity index (χ0v) is 15.0. The third kappa shape index (κ3) is 2.58. The van der Waals surface area contributed by atoms with Crippen LogP contribution in [0.5, 0.6) is 0 Å². The molecular formula is C24H16N4. The number of nitrogens with one attached hydrogen (secondary N) is 1. The van der Waals surface area contributed by atoms with Crippen molar-refractivity contribution in [2.24, 2.45) is 0 Å². The highest BCUT2D eigenvalue weighted by Crippen LogP contribution is 2.33. The van der Waals surface area contributed by atoms with Gasteiger partial charge in [-0.05, 0) is 35.9 Å². The second-order valence-electron chi connectivity index (χ2n) is 6.55. The molecule has 5 aromatic rings. The van der Waals surface area contributed by atoms with Gasteiger partial charge in [0.15, 0.2) is 5.65 Å². The molecule has 132 valence electrons. The molecule has 0 saturated heterocycles. The number of benzene rings is 3. The van der Waals surface area contributed by atoms with E-state index >= 15 is 0 Å². The van der Waals surface area contributed by atoms with Crippen molar-refractivity contribution in [3.63, 3.8) is 0 Å². The third-order valence-electron chi connectivity index (χ3n) is 4.82. The van der Waals surface area contributed by atoms with E-state index in [1.54, 1.807) is 0 Å². The minimum Gasteiger partial charge on any atom is -0.341 e. The maximum atomic E-state index is 9.96. The lowest BCUT2D eigenvalue weighted by molar-refractivity contribution is 1.21. The van der Waals surface area contributed by atoms with Crippen LogP contribution in [0.4, 0.5) is 11.5 Å². The van der Waals surface area contributed by atoms with Crippen molar-refractivity contribution in [1.82, 2.24) is 9.38 Å². The SMILES string of the molecule is N#Cc1c(-c2ccccc2)cc(Nc2ccccc2)n2c1nc1ccccc12.